The van der Waals surface area contributed by atoms with E-state index in [1.54, 1.807) is 11.1 Å². The van der Waals surface area contributed by atoms with Crippen LogP contribution in [-0.4, -0.2) is 52.5 Å². The molecule has 0 radical (unpaired) electrons. The van der Waals surface area contributed by atoms with E-state index >= 15 is 0 Å². The molecule has 7 heteroatoms. The van der Waals surface area contributed by atoms with Crippen LogP contribution < -0.4 is 5.32 Å². The molecule has 6 nitrogen and oxygen atoms in total. The Bertz CT molecular complexity index is 750. The third kappa shape index (κ3) is 5.08. The number of benzene rings is 1. The Morgan fingerprint density at radius 2 is 1.89 bits per heavy atom. The molecule has 0 atom stereocenters. The van der Waals surface area contributed by atoms with Gasteiger partial charge in [0.15, 0.2) is 5.69 Å². The standard InChI is InChI=1S/C20H29N5O.ClH/c1-15-5-7-16(8-6-15)20(2,3)14-24(4)19(26)18-13-25(23-22-18)17-9-11-21-12-10-17;/h5-8,13,17,21H,9-12,14H2,1-4H3;1H. The lowest BCUT2D eigenvalue weighted by atomic mass is 9.84. The van der Waals surface area contributed by atoms with Gasteiger partial charge in [0, 0.05) is 19.0 Å². The van der Waals surface area contributed by atoms with E-state index in [4.69, 9.17) is 0 Å². The maximum Gasteiger partial charge on any atom is 0.275 e. The number of carbonyl (C=O) groups excluding carboxylic acids is 1. The second-order valence-electron chi connectivity index (χ2n) is 7.98. The van der Waals surface area contributed by atoms with Gasteiger partial charge in [0.25, 0.3) is 5.91 Å². The summed E-state index contributed by atoms with van der Waals surface area (Å²) in [6, 6.07) is 8.84. The van der Waals surface area contributed by atoms with Crippen LogP contribution in [0.15, 0.2) is 30.5 Å². The van der Waals surface area contributed by atoms with Gasteiger partial charge >= 0.3 is 0 Å². The molecule has 0 spiro atoms. The maximum atomic E-state index is 12.8. The number of nitrogens with one attached hydrogen (secondary N) is 1. The van der Waals surface area contributed by atoms with E-state index in [1.165, 1.54) is 11.1 Å². The third-order valence-corrected chi connectivity index (χ3v) is 5.22. The molecule has 1 fully saturated rings. The molecule has 1 aliphatic heterocycles. The zero-order valence-corrected chi connectivity index (χ0v) is 17.4. The molecular formula is C20H30ClN5O. The van der Waals surface area contributed by atoms with E-state index < -0.39 is 0 Å². The fourth-order valence-corrected chi connectivity index (χ4v) is 3.58. The molecule has 0 unspecified atom stereocenters. The van der Waals surface area contributed by atoms with E-state index in [2.05, 4.69) is 60.7 Å². The number of hydrogen-bond donors (Lipinski definition) is 1. The number of hydrogen-bond acceptors (Lipinski definition) is 4. The topological polar surface area (TPSA) is 63.1 Å². The van der Waals surface area contributed by atoms with Gasteiger partial charge in [-0.1, -0.05) is 48.9 Å². The van der Waals surface area contributed by atoms with E-state index in [0.29, 0.717) is 18.3 Å². The van der Waals surface area contributed by atoms with E-state index in [-0.39, 0.29) is 23.7 Å². The summed E-state index contributed by atoms with van der Waals surface area (Å²) < 4.78 is 1.85. The monoisotopic (exact) mass is 391 g/mol. The highest BCUT2D eigenvalue weighted by Crippen LogP contribution is 2.25. The molecule has 148 valence electrons. The van der Waals surface area contributed by atoms with Crippen LogP contribution in [0.4, 0.5) is 0 Å². The summed E-state index contributed by atoms with van der Waals surface area (Å²) in [5.41, 5.74) is 2.75. The summed E-state index contributed by atoms with van der Waals surface area (Å²) in [4.78, 5) is 14.5. The largest absolute Gasteiger partial charge is 0.339 e. The highest BCUT2D eigenvalue weighted by Gasteiger charge is 2.27. The average molecular weight is 392 g/mol. The maximum absolute atomic E-state index is 12.8. The summed E-state index contributed by atoms with van der Waals surface area (Å²) >= 11 is 0. The van der Waals surface area contributed by atoms with Crippen LogP contribution in [0.3, 0.4) is 0 Å². The summed E-state index contributed by atoms with van der Waals surface area (Å²) in [7, 11) is 1.84. The molecule has 1 aromatic carbocycles. The molecular weight excluding hydrogens is 362 g/mol. The number of aromatic nitrogens is 3. The van der Waals surface area contributed by atoms with Gasteiger partial charge in [0.2, 0.25) is 0 Å². The second-order valence-corrected chi connectivity index (χ2v) is 7.98. The lowest BCUT2D eigenvalue weighted by molar-refractivity contribution is 0.0761. The molecule has 2 heterocycles. The molecule has 27 heavy (non-hydrogen) atoms. The van der Waals surface area contributed by atoms with Crippen LogP contribution in [0, 0.1) is 6.92 Å². The lowest BCUT2D eigenvalue weighted by Crippen LogP contribution is -2.38. The number of rotatable bonds is 5. The molecule has 0 saturated carbocycles. The highest BCUT2D eigenvalue weighted by molar-refractivity contribution is 5.91. The molecule has 1 aromatic heterocycles. The third-order valence-electron chi connectivity index (χ3n) is 5.22. The number of amides is 1. The number of nitrogens with zero attached hydrogens (tertiary/aromatic N) is 4. The minimum Gasteiger partial charge on any atom is -0.339 e. The fraction of sp³-hybridized carbons (Fsp3) is 0.550. The normalized spacial score (nSPS) is 15.3. The first kappa shape index (κ1) is 21.4. The van der Waals surface area contributed by atoms with Crippen molar-refractivity contribution in [2.24, 2.45) is 0 Å². The Labute approximate surface area is 167 Å². The molecule has 2 aromatic rings. The Morgan fingerprint density at radius 1 is 1.26 bits per heavy atom. The number of carbonyl (C=O) groups is 1. The smallest absolute Gasteiger partial charge is 0.275 e. The van der Waals surface area contributed by atoms with Crippen molar-refractivity contribution in [3.63, 3.8) is 0 Å². The first-order valence-electron chi connectivity index (χ1n) is 9.32. The van der Waals surface area contributed by atoms with Gasteiger partial charge in [-0.15, -0.1) is 17.5 Å². The van der Waals surface area contributed by atoms with E-state index in [1.807, 2.05) is 11.7 Å². The quantitative estimate of drug-likeness (QED) is 0.851. The zero-order chi connectivity index (χ0) is 18.7. The minimum absolute atomic E-state index is 0. The number of aryl methyl sites for hydroxylation is 1. The highest BCUT2D eigenvalue weighted by atomic mass is 35.5. The Balaban J connectivity index is 0.00000261. The summed E-state index contributed by atoms with van der Waals surface area (Å²) in [5, 5.41) is 11.7. The van der Waals surface area contributed by atoms with Gasteiger partial charge in [-0.05, 0) is 38.4 Å². The predicted molar refractivity (Wildman–Crippen MR) is 110 cm³/mol. The van der Waals surface area contributed by atoms with Gasteiger partial charge in [-0.25, -0.2) is 4.68 Å². The minimum atomic E-state index is -0.136. The van der Waals surface area contributed by atoms with Crippen molar-refractivity contribution < 1.29 is 4.79 Å². The zero-order valence-electron chi connectivity index (χ0n) is 16.6. The number of piperidine rings is 1. The summed E-state index contributed by atoms with van der Waals surface area (Å²) in [5.74, 6) is -0.0784. The van der Waals surface area contributed by atoms with Crippen LogP contribution >= 0.6 is 12.4 Å². The van der Waals surface area contributed by atoms with Crippen molar-refractivity contribution in [2.45, 2.75) is 45.1 Å². The first-order chi connectivity index (χ1) is 12.4. The molecule has 0 aliphatic carbocycles. The number of halogens is 1. The molecule has 0 bridgehead atoms. The molecule has 1 N–H and O–H groups in total. The van der Waals surface area contributed by atoms with Crippen molar-refractivity contribution >= 4 is 18.3 Å². The van der Waals surface area contributed by atoms with E-state index in [9.17, 15) is 4.79 Å². The lowest BCUT2D eigenvalue weighted by Gasteiger charge is -2.30. The van der Waals surface area contributed by atoms with Gasteiger partial charge in [0.05, 0.1) is 12.2 Å². The SMILES string of the molecule is Cc1ccc(C(C)(C)CN(C)C(=O)c2cn(C3CCNCC3)nn2)cc1.Cl. The Morgan fingerprint density at radius 3 is 2.52 bits per heavy atom. The van der Waals surface area contributed by atoms with Crippen LogP contribution in [0.25, 0.3) is 0 Å². The van der Waals surface area contributed by atoms with Gasteiger partial charge in [0.1, 0.15) is 0 Å². The molecule has 3 rings (SSSR count). The van der Waals surface area contributed by atoms with Gasteiger partial charge in [-0.2, -0.15) is 0 Å². The Kier molecular flexibility index (Phi) is 7.00. The predicted octanol–water partition coefficient (Wildman–Crippen LogP) is 2.98. The van der Waals surface area contributed by atoms with Crippen LogP contribution in [0.2, 0.25) is 0 Å². The van der Waals surface area contributed by atoms with Crippen molar-refractivity contribution in [3.05, 3.63) is 47.3 Å². The number of likely N-dealkylation sites (N-methyl/N-ethyl adjacent to an activating group) is 1. The van der Waals surface area contributed by atoms with Crippen molar-refractivity contribution in [3.8, 4) is 0 Å². The van der Waals surface area contributed by atoms with Crippen molar-refractivity contribution in [1.82, 2.24) is 25.2 Å². The average Bonchev–Trinajstić information content (AvgIpc) is 3.12. The molecule has 1 aliphatic rings. The fourth-order valence-electron chi connectivity index (χ4n) is 3.58. The van der Waals surface area contributed by atoms with Gasteiger partial charge in [-0.3, -0.25) is 4.79 Å². The molecule has 1 amide bonds. The van der Waals surface area contributed by atoms with Crippen molar-refractivity contribution in [1.29, 1.82) is 0 Å². The van der Waals surface area contributed by atoms with Gasteiger partial charge < -0.3 is 10.2 Å². The van der Waals surface area contributed by atoms with Crippen LogP contribution in [0.5, 0.6) is 0 Å². The Hall–Kier alpha value is -1.92. The first-order valence-corrected chi connectivity index (χ1v) is 9.32. The van der Waals surface area contributed by atoms with Crippen molar-refractivity contribution in [2.75, 3.05) is 26.7 Å². The molecule has 1 saturated heterocycles. The van der Waals surface area contributed by atoms with Crippen LogP contribution in [-0.2, 0) is 5.41 Å². The summed E-state index contributed by atoms with van der Waals surface area (Å²) in [6.45, 7) is 8.99. The second kappa shape index (κ2) is 8.85. The summed E-state index contributed by atoms with van der Waals surface area (Å²) in [6.07, 6.45) is 3.84. The van der Waals surface area contributed by atoms with E-state index in [0.717, 1.165) is 25.9 Å². The van der Waals surface area contributed by atoms with Crippen LogP contribution in [0.1, 0.15) is 54.3 Å².